The number of hydrogen-bond donors (Lipinski definition) is 2. The molecule has 2 aromatic heterocycles. The molecule has 0 aliphatic rings. The van der Waals surface area contributed by atoms with E-state index in [1.165, 1.54) is 0 Å². The lowest BCUT2D eigenvalue weighted by molar-refractivity contribution is 0.0948. The van der Waals surface area contributed by atoms with Crippen LogP contribution in [0.5, 0.6) is 0 Å². The van der Waals surface area contributed by atoms with Crippen molar-refractivity contribution < 1.29 is 9.21 Å². The van der Waals surface area contributed by atoms with Crippen LogP contribution >= 0.6 is 0 Å². The van der Waals surface area contributed by atoms with Gasteiger partial charge in [0, 0.05) is 12.7 Å². The number of amides is 1. The molecule has 0 spiro atoms. The van der Waals surface area contributed by atoms with Gasteiger partial charge in [-0.25, -0.2) is 4.98 Å². The molecule has 2 N–H and O–H groups in total. The number of nitrogens with zero attached hydrogens (tertiary/aromatic N) is 2. The normalized spacial score (nSPS) is 10.3. The molecule has 0 aliphatic carbocycles. The number of oxazole rings is 1. The number of rotatable bonds is 6. The second-order valence-corrected chi connectivity index (χ2v) is 4.40. The summed E-state index contributed by atoms with van der Waals surface area (Å²) in [7, 11) is 0. The fraction of sp³-hybridized carbons (Fsp3) is 0.357. The number of carbonyl (C=O) groups excluding carboxylic acids is 1. The van der Waals surface area contributed by atoms with Gasteiger partial charge in [-0.2, -0.15) is 0 Å². The van der Waals surface area contributed by atoms with E-state index in [1.807, 2.05) is 6.92 Å². The van der Waals surface area contributed by atoms with Crippen LogP contribution < -0.4 is 10.6 Å². The van der Waals surface area contributed by atoms with Crippen LogP contribution in [0.15, 0.2) is 29.1 Å². The van der Waals surface area contributed by atoms with Crippen molar-refractivity contribution in [3.8, 4) is 0 Å². The van der Waals surface area contributed by atoms with E-state index in [4.69, 9.17) is 4.42 Å². The van der Waals surface area contributed by atoms with Crippen LogP contribution in [0.2, 0.25) is 0 Å². The molecule has 2 rings (SSSR count). The van der Waals surface area contributed by atoms with Gasteiger partial charge in [0.25, 0.3) is 5.91 Å². The molecule has 0 saturated carbocycles. The molecule has 20 heavy (non-hydrogen) atoms. The van der Waals surface area contributed by atoms with Gasteiger partial charge < -0.3 is 15.1 Å². The Bertz CT molecular complexity index is 580. The van der Waals surface area contributed by atoms with Gasteiger partial charge >= 0.3 is 0 Å². The quantitative estimate of drug-likeness (QED) is 0.843. The van der Waals surface area contributed by atoms with Crippen LogP contribution in [-0.2, 0) is 6.54 Å². The maximum absolute atomic E-state index is 12.2. The summed E-state index contributed by atoms with van der Waals surface area (Å²) in [5, 5.41) is 5.97. The molecule has 2 aromatic rings. The summed E-state index contributed by atoms with van der Waals surface area (Å²) in [4.78, 5) is 20.2. The van der Waals surface area contributed by atoms with Crippen molar-refractivity contribution >= 4 is 11.6 Å². The number of pyridine rings is 1. The van der Waals surface area contributed by atoms with Crippen molar-refractivity contribution in [2.24, 2.45) is 0 Å². The molecular formula is C14H18N4O2. The minimum absolute atomic E-state index is 0.179. The largest absolute Gasteiger partial charge is 0.444 e. The van der Waals surface area contributed by atoms with Gasteiger partial charge in [-0.1, -0.05) is 6.92 Å². The third-order valence-electron chi connectivity index (χ3n) is 2.70. The van der Waals surface area contributed by atoms with E-state index < -0.39 is 0 Å². The second-order valence-electron chi connectivity index (χ2n) is 4.40. The number of carbonyl (C=O) groups is 1. The van der Waals surface area contributed by atoms with E-state index in [1.54, 1.807) is 24.7 Å². The zero-order valence-electron chi connectivity index (χ0n) is 11.6. The molecule has 106 valence electrons. The summed E-state index contributed by atoms with van der Waals surface area (Å²) in [5.41, 5.74) is 1.30. The minimum atomic E-state index is -0.179. The predicted octanol–water partition coefficient (Wildman–Crippen LogP) is 2.13. The summed E-state index contributed by atoms with van der Waals surface area (Å²) in [6, 6.07) is 1.69. The average molecular weight is 274 g/mol. The van der Waals surface area contributed by atoms with Crippen molar-refractivity contribution in [1.29, 1.82) is 0 Å². The fourth-order valence-corrected chi connectivity index (χ4v) is 1.73. The van der Waals surface area contributed by atoms with Crippen LogP contribution in [0, 0.1) is 6.92 Å². The Balaban J connectivity index is 2.01. The van der Waals surface area contributed by atoms with Crippen molar-refractivity contribution in [1.82, 2.24) is 15.3 Å². The van der Waals surface area contributed by atoms with Gasteiger partial charge in [-0.15, -0.1) is 0 Å². The van der Waals surface area contributed by atoms with Crippen molar-refractivity contribution in [2.75, 3.05) is 11.9 Å². The number of anilines is 1. The molecule has 0 unspecified atom stereocenters. The predicted molar refractivity (Wildman–Crippen MR) is 75.4 cm³/mol. The number of nitrogens with one attached hydrogen (secondary N) is 2. The maximum Gasteiger partial charge on any atom is 0.253 e. The molecule has 1 amide bonds. The molecule has 0 bridgehead atoms. The van der Waals surface area contributed by atoms with E-state index in [-0.39, 0.29) is 12.5 Å². The number of aromatic nitrogens is 2. The molecule has 6 nitrogen and oxygen atoms in total. The molecule has 0 fully saturated rings. The Kier molecular flexibility index (Phi) is 4.70. The molecule has 0 radical (unpaired) electrons. The first-order chi connectivity index (χ1) is 9.70. The first-order valence-corrected chi connectivity index (χ1v) is 6.58. The van der Waals surface area contributed by atoms with Gasteiger partial charge in [0.2, 0.25) is 5.89 Å². The Labute approximate surface area is 117 Å². The van der Waals surface area contributed by atoms with E-state index in [0.29, 0.717) is 11.5 Å². The third kappa shape index (κ3) is 3.57. The zero-order chi connectivity index (χ0) is 14.4. The first kappa shape index (κ1) is 14.0. The monoisotopic (exact) mass is 274 g/mol. The van der Waals surface area contributed by atoms with E-state index in [9.17, 15) is 4.79 Å². The molecule has 0 aliphatic heterocycles. The van der Waals surface area contributed by atoms with Gasteiger partial charge in [0.15, 0.2) is 0 Å². The lowest BCUT2D eigenvalue weighted by atomic mass is 10.2. The zero-order valence-corrected chi connectivity index (χ0v) is 11.6. The van der Waals surface area contributed by atoms with Crippen molar-refractivity contribution in [3.05, 3.63) is 41.9 Å². The van der Waals surface area contributed by atoms with Gasteiger partial charge in [-0.05, 0) is 19.4 Å². The highest BCUT2D eigenvalue weighted by Gasteiger charge is 2.11. The molecule has 6 heteroatoms. The Morgan fingerprint density at radius 2 is 2.25 bits per heavy atom. The van der Waals surface area contributed by atoms with Crippen LogP contribution in [0.25, 0.3) is 0 Å². The van der Waals surface area contributed by atoms with Crippen LogP contribution in [0.3, 0.4) is 0 Å². The highest BCUT2D eigenvalue weighted by molar-refractivity contribution is 5.99. The van der Waals surface area contributed by atoms with Crippen LogP contribution in [-0.4, -0.2) is 22.4 Å². The lowest BCUT2D eigenvalue weighted by Crippen LogP contribution is -2.24. The van der Waals surface area contributed by atoms with E-state index in [0.717, 1.165) is 24.4 Å². The van der Waals surface area contributed by atoms with Gasteiger partial charge in [0.05, 0.1) is 30.2 Å². The van der Waals surface area contributed by atoms with Crippen LogP contribution in [0.1, 0.15) is 35.4 Å². The fourth-order valence-electron chi connectivity index (χ4n) is 1.73. The topological polar surface area (TPSA) is 80.0 Å². The lowest BCUT2D eigenvalue weighted by Gasteiger charge is -2.10. The Hall–Kier alpha value is -2.37. The molecule has 0 aromatic carbocycles. The summed E-state index contributed by atoms with van der Waals surface area (Å²) in [6.45, 7) is 4.94. The highest BCUT2D eigenvalue weighted by atomic mass is 16.4. The molecule has 0 atom stereocenters. The standard InChI is InChI=1S/C14H18N4O2/c1-3-5-16-12-8-15-6-4-11(12)14(19)18-9-13-17-7-10(2)20-13/h4,6-8,16H,3,5,9H2,1-2H3,(H,18,19). The SMILES string of the molecule is CCCNc1cnccc1C(=O)NCc1ncc(C)o1. The average Bonchev–Trinajstić information content (AvgIpc) is 2.88. The maximum atomic E-state index is 12.2. The smallest absolute Gasteiger partial charge is 0.253 e. The summed E-state index contributed by atoms with van der Waals surface area (Å²) in [6.07, 6.45) is 5.86. The van der Waals surface area contributed by atoms with Crippen LogP contribution in [0.4, 0.5) is 5.69 Å². The first-order valence-electron chi connectivity index (χ1n) is 6.58. The van der Waals surface area contributed by atoms with Gasteiger partial charge in [-0.3, -0.25) is 9.78 Å². The number of hydrogen-bond acceptors (Lipinski definition) is 5. The molecular weight excluding hydrogens is 256 g/mol. The van der Waals surface area contributed by atoms with Crippen molar-refractivity contribution in [3.63, 3.8) is 0 Å². The van der Waals surface area contributed by atoms with Crippen molar-refractivity contribution in [2.45, 2.75) is 26.8 Å². The van der Waals surface area contributed by atoms with Gasteiger partial charge in [0.1, 0.15) is 5.76 Å². The third-order valence-corrected chi connectivity index (χ3v) is 2.70. The van der Waals surface area contributed by atoms with E-state index >= 15 is 0 Å². The molecule has 2 heterocycles. The highest BCUT2D eigenvalue weighted by Crippen LogP contribution is 2.13. The Morgan fingerprint density at radius 3 is 2.95 bits per heavy atom. The summed E-state index contributed by atoms with van der Waals surface area (Å²) in [5.74, 6) is 1.04. The summed E-state index contributed by atoms with van der Waals surface area (Å²) < 4.78 is 5.31. The number of aryl methyl sites for hydroxylation is 1. The summed E-state index contributed by atoms with van der Waals surface area (Å²) >= 11 is 0. The second kappa shape index (κ2) is 6.70. The Morgan fingerprint density at radius 1 is 1.40 bits per heavy atom. The van der Waals surface area contributed by atoms with E-state index in [2.05, 4.69) is 27.5 Å². The minimum Gasteiger partial charge on any atom is -0.444 e. The molecule has 0 saturated heterocycles.